The van der Waals surface area contributed by atoms with Crippen molar-refractivity contribution in [3.8, 4) is 17.2 Å². The minimum Gasteiger partial charge on any atom is -0.394 e. The molecule has 2 aromatic heterocycles. The lowest BCUT2D eigenvalue weighted by Crippen LogP contribution is -2.13. The van der Waals surface area contributed by atoms with Crippen LogP contribution in [0.1, 0.15) is 5.82 Å². The molecule has 0 bridgehead atoms. The number of hydrogen-bond donors (Lipinski definition) is 2. The van der Waals surface area contributed by atoms with Crippen LogP contribution in [-0.2, 0) is 13.0 Å². The molecule has 0 atom stereocenters. The molecule has 0 aliphatic carbocycles. The molecule has 24 heavy (non-hydrogen) atoms. The first-order valence-corrected chi connectivity index (χ1v) is 9.03. The summed E-state index contributed by atoms with van der Waals surface area (Å²) < 4.78 is 3.10. The Kier molecular flexibility index (Phi) is 5.17. The highest BCUT2D eigenvalue weighted by atomic mass is 32.2. The molecule has 0 saturated heterocycles. The van der Waals surface area contributed by atoms with Gasteiger partial charge in [-0.05, 0) is 18.4 Å². The molecule has 0 amide bonds. The lowest BCUT2D eigenvalue weighted by molar-refractivity contribution is 0.270. The lowest BCUT2D eigenvalue weighted by Gasteiger charge is -2.03. The zero-order valence-electron chi connectivity index (χ0n) is 13.3. The number of H-pyrrole nitrogens is 1. The van der Waals surface area contributed by atoms with Crippen molar-refractivity contribution in [1.82, 2.24) is 24.5 Å². The second kappa shape index (κ2) is 7.50. The van der Waals surface area contributed by atoms with Gasteiger partial charge in [-0.15, -0.1) is 0 Å². The molecule has 3 rings (SSSR count). The minimum atomic E-state index is -0.166. The van der Waals surface area contributed by atoms with Gasteiger partial charge in [0.25, 0.3) is 5.56 Å². The van der Waals surface area contributed by atoms with Gasteiger partial charge in [-0.3, -0.25) is 9.89 Å². The molecule has 0 saturated carbocycles. The van der Waals surface area contributed by atoms with Crippen molar-refractivity contribution >= 4 is 11.8 Å². The Morgan fingerprint density at radius 3 is 2.79 bits per heavy atom. The Balaban J connectivity index is 1.99. The van der Waals surface area contributed by atoms with E-state index >= 15 is 0 Å². The van der Waals surface area contributed by atoms with E-state index < -0.39 is 0 Å². The quantitative estimate of drug-likeness (QED) is 0.674. The summed E-state index contributed by atoms with van der Waals surface area (Å²) in [7, 11) is 0. The molecule has 3 aromatic rings. The van der Waals surface area contributed by atoms with E-state index in [4.69, 9.17) is 0 Å². The van der Waals surface area contributed by atoms with E-state index in [-0.39, 0.29) is 12.2 Å². The smallest absolute Gasteiger partial charge is 0.271 e. The van der Waals surface area contributed by atoms with Gasteiger partial charge in [0.15, 0.2) is 11.6 Å². The lowest BCUT2D eigenvalue weighted by atomic mass is 10.3. The van der Waals surface area contributed by atoms with Gasteiger partial charge in [0.05, 0.1) is 18.8 Å². The highest BCUT2D eigenvalue weighted by molar-refractivity contribution is 7.98. The number of para-hydroxylation sites is 1. The molecular formula is C16H19N5O2S. The summed E-state index contributed by atoms with van der Waals surface area (Å²) in [5, 5.41) is 16.7. The maximum Gasteiger partial charge on any atom is 0.271 e. The number of hydrogen-bond acceptors (Lipinski definition) is 5. The van der Waals surface area contributed by atoms with Crippen molar-refractivity contribution in [2.24, 2.45) is 0 Å². The Hall–Kier alpha value is -2.32. The number of aliphatic hydroxyl groups is 1. The van der Waals surface area contributed by atoms with Crippen molar-refractivity contribution in [3.63, 3.8) is 0 Å². The summed E-state index contributed by atoms with van der Waals surface area (Å²) in [5.41, 5.74) is 1.17. The van der Waals surface area contributed by atoms with Crippen LogP contribution in [0.5, 0.6) is 0 Å². The second-order valence-corrected chi connectivity index (χ2v) is 6.21. The number of thioether (sulfide) groups is 1. The van der Waals surface area contributed by atoms with Crippen LogP contribution in [0.25, 0.3) is 17.2 Å². The van der Waals surface area contributed by atoms with Gasteiger partial charge in [0.1, 0.15) is 5.69 Å². The van der Waals surface area contributed by atoms with Gasteiger partial charge in [0.2, 0.25) is 0 Å². The predicted octanol–water partition coefficient (Wildman–Crippen LogP) is 1.32. The van der Waals surface area contributed by atoms with E-state index in [0.717, 1.165) is 17.9 Å². The monoisotopic (exact) mass is 345 g/mol. The maximum absolute atomic E-state index is 12.3. The molecular weight excluding hydrogens is 326 g/mol. The summed E-state index contributed by atoms with van der Waals surface area (Å²) in [6.45, 7) is 0.294. The van der Waals surface area contributed by atoms with Crippen molar-refractivity contribution in [2.75, 3.05) is 18.6 Å². The summed E-state index contributed by atoms with van der Waals surface area (Å²) >= 11 is 1.72. The van der Waals surface area contributed by atoms with Gasteiger partial charge in [-0.25, -0.2) is 14.3 Å². The van der Waals surface area contributed by atoms with Crippen LogP contribution in [0.3, 0.4) is 0 Å². The molecule has 0 unspecified atom stereocenters. The third kappa shape index (κ3) is 3.44. The van der Waals surface area contributed by atoms with Crippen molar-refractivity contribution in [3.05, 3.63) is 52.6 Å². The topological polar surface area (TPSA) is 88.7 Å². The molecule has 1 aromatic carbocycles. The number of aliphatic hydroxyl groups excluding tert-OH is 1. The Morgan fingerprint density at radius 2 is 2.08 bits per heavy atom. The minimum absolute atomic E-state index is 0.0397. The number of aryl methyl sites for hydroxylation is 1. The zero-order valence-corrected chi connectivity index (χ0v) is 14.2. The summed E-state index contributed by atoms with van der Waals surface area (Å²) in [6, 6.07) is 10.8. The molecule has 126 valence electrons. The summed E-state index contributed by atoms with van der Waals surface area (Å²) in [4.78, 5) is 16.8. The first-order chi connectivity index (χ1) is 11.7. The molecule has 0 radical (unpaired) electrons. The van der Waals surface area contributed by atoms with Crippen LogP contribution in [-0.4, -0.2) is 48.3 Å². The Labute approximate surface area is 143 Å². The normalized spacial score (nSPS) is 11.1. The number of nitrogens with one attached hydrogen (secondary N) is 1. The molecule has 2 N–H and O–H groups in total. The fraction of sp³-hybridized carbons (Fsp3) is 0.312. The van der Waals surface area contributed by atoms with Crippen LogP contribution in [0, 0.1) is 0 Å². The molecule has 2 heterocycles. The maximum atomic E-state index is 12.3. The van der Waals surface area contributed by atoms with Crippen LogP contribution in [0.4, 0.5) is 0 Å². The summed E-state index contributed by atoms with van der Waals surface area (Å²) in [5.74, 6) is 2.19. The van der Waals surface area contributed by atoms with E-state index in [9.17, 15) is 9.90 Å². The molecule has 0 aliphatic rings. The van der Waals surface area contributed by atoms with E-state index in [1.165, 1.54) is 10.7 Å². The van der Waals surface area contributed by atoms with Crippen LogP contribution < -0.4 is 5.56 Å². The molecule has 0 fully saturated rings. The first-order valence-electron chi connectivity index (χ1n) is 7.64. The Bertz CT molecular complexity index is 853. The third-order valence-electron chi connectivity index (χ3n) is 3.53. The van der Waals surface area contributed by atoms with Crippen molar-refractivity contribution < 1.29 is 5.11 Å². The Morgan fingerprint density at radius 1 is 1.29 bits per heavy atom. The van der Waals surface area contributed by atoms with Crippen molar-refractivity contribution in [1.29, 1.82) is 0 Å². The van der Waals surface area contributed by atoms with E-state index in [1.54, 1.807) is 16.4 Å². The average molecular weight is 345 g/mol. The van der Waals surface area contributed by atoms with E-state index in [2.05, 4.69) is 15.2 Å². The fourth-order valence-electron chi connectivity index (χ4n) is 2.42. The van der Waals surface area contributed by atoms with Crippen LogP contribution in [0.2, 0.25) is 0 Å². The molecule has 7 nitrogen and oxygen atoms in total. The van der Waals surface area contributed by atoms with Gasteiger partial charge in [-0.2, -0.15) is 16.9 Å². The highest BCUT2D eigenvalue weighted by Crippen LogP contribution is 2.15. The SMILES string of the molecule is CSCCc1nc(-c2cc(=O)n(-c3ccccc3)[nH]2)n(CCO)n1. The number of aromatic nitrogens is 5. The van der Waals surface area contributed by atoms with Crippen molar-refractivity contribution in [2.45, 2.75) is 13.0 Å². The molecule has 0 spiro atoms. The number of aromatic amines is 1. The number of rotatable bonds is 7. The summed E-state index contributed by atoms with van der Waals surface area (Å²) in [6.07, 6.45) is 2.78. The van der Waals surface area contributed by atoms with Gasteiger partial charge in [0, 0.05) is 18.2 Å². The van der Waals surface area contributed by atoms with Gasteiger partial charge >= 0.3 is 0 Å². The third-order valence-corrected chi connectivity index (χ3v) is 4.15. The average Bonchev–Trinajstić information content (AvgIpc) is 3.17. The second-order valence-electron chi connectivity index (χ2n) is 5.22. The number of nitrogens with zero attached hydrogens (tertiary/aromatic N) is 4. The van der Waals surface area contributed by atoms with E-state index in [1.807, 2.05) is 36.6 Å². The molecule has 0 aliphatic heterocycles. The number of benzene rings is 1. The standard InChI is InChI=1S/C16H19N5O2S/c1-24-10-7-14-17-16(20(19-14)8-9-22)13-11-15(23)21(18-13)12-5-3-2-4-6-12/h2-6,11,18,22H,7-10H2,1H3. The van der Waals surface area contributed by atoms with Crippen LogP contribution >= 0.6 is 11.8 Å². The molecule has 8 heteroatoms. The zero-order chi connectivity index (χ0) is 16.9. The fourth-order valence-corrected chi connectivity index (χ4v) is 2.80. The predicted molar refractivity (Wildman–Crippen MR) is 94.6 cm³/mol. The highest BCUT2D eigenvalue weighted by Gasteiger charge is 2.15. The van der Waals surface area contributed by atoms with E-state index in [0.29, 0.717) is 23.9 Å². The first kappa shape index (κ1) is 16.5. The largest absolute Gasteiger partial charge is 0.394 e. The van der Waals surface area contributed by atoms with Gasteiger partial charge < -0.3 is 5.11 Å². The van der Waals surface area contributed by atoms with Crippen LogP contribution in [0.15, 0.2) is 41.2 Å². The van der Waals surface area contributed by atoms with Gasteiger partial charge in [-0.1, -0.05) is 18.2 Å².